The fourth-order valence-electron chi connectivity index (χ4n) is 2.05. The number of carbonyl (C=O) groups is 1. The molecule has 3 rings (SSSR count). The summed E-state index contributed by atoms with van der Waals surface area (Å²) in [6.07, 6.45) is 0.694. The summed E-state index contributed by atoms with van der Waals surface area (Å²) in [6, 6.07) is 7.55. The van der Waals surface area contributed by atoms with Gasteiger partial charge < -0.3 is 14.8 Å². The number of fused-ring (bicyclic) bond motifs is 1. The number of rotatable bonds is 3. The number of hydrogen-bond acceptors (Lipinski definition) is 5. The summed E-state index contributed by atoms with van der Waals surface area (Å²) in [4.78, 5) is 20.0. The predicted molar refractivity (Wildman–Crippen MR) is 82.5 cm³/mol. The second-order valence-electron chi connectivity index (χ2n) is 4.30. The van der Waals surface area contributed by atoms with Gasteiger partial charge in [0.15, 0.2) is 5.69 Å². The number of halogens is 1. The first kappa shape index (κ1) is 18.0. The van der Waals surface area contributed by atoms with Crippen molar-refractivity contribution >= 4 is 44.1 Å². The number of benzene rings is 1. The minimum Gasteiger partial charge on any atom is -0.663 e. The molecule has 0 aliphatic rings. The molecule has 8 heteroatoms. The van der Waals surface area contributed by atoms with Gasteiger partial charge in [-0.25, -0.2) is 9.78 Å². The molecule has 0 aliphatic carbocycles. The van der Waals surface area contributed by atoms with Gasteiger partial charge in [-0.1, -0.05) is 24.3 Å². The molecule has 2 heterocycles. The van der Waals surface area contributed by atoms with E-state index in [0.717, 1.165) is 10.9 Å². The Morgan fingerprint density at radius 1 is 1.45 bits per heavy atom. The van der Waals surface area contributed by atoms with Crippen molar-refractivity contribution in [2.75, 3.05) is 7.11 Å². The zero-order chi connectivity index (χ0) is 15.0. The Morgan fingerprint density at radius 2 is 2.18 bits per heavy atom. The zero-order valence-electron chi connectivity index (χ0n) is 11.3. The van der Waals surface area contributed by atoms with Crippen LogP contribution in [0.15, 0.2) is 34.2 Å². The largest absolute Gasteiger partial charge is 0.663 e. The number of methoxy groups -OCH3 is 1. The van der Waals surface area contributed by atoms with Gasteiger partial charge >= 0.3 is 5.97 Å². The summed E-state index contributed by atoms with van der Waals surface area (Å²) in [5.41, 5.74) is 1.65. The molecule has 22 heavy (non-hydrogen) atoms. The average Bonchev–Trinajstić information content (AvgIpc) is 3.09. The van der Waals surface area contributed by atoms with Crippen molar-refractivity contribution in [3.63, 3.8) is 0 Å². The van der Waals surface area contributed by atoms with Crippen molar-refractivity contribution in [1.29, 1.82) is 0 Å². The van der Waals surface area contributed by atoms with E-state index in [4.69, 9.17) is 0 Å². The van der Waals surface area contributed by atoms with Crippen LogP contribution >= 0.6 is 27.3 Å². The maximum Gasteiger partial charge on any atom is 0.358 e. The number of nitrogens with zero attached hydrogens (tertiary/aromatic N) is 2. The summed E-state index contributed by atoms with van der Waals surface area (Å²) >= 11 is 4.47. The van der Waals surface area contributed by atoms with E-state index in [1.807, 2.05) is 24.3 Å². The van der Waals surface area contributed by atoms with Gasteiger partial charge in [-0.15, -0.1) is 16.9 Å². The van der Waals surface area contributed by atoms with Crippen LogP contribution in [0.5, 0.6) is 0 Å². The number of aliphatic hydroxyl groups excluding tert-OH is 1. The van der Waals surface area contributed by atoms with Gasteiger partial charge in [-0.2, -0.15) is 6.20 Å². The Hall–Kier alpha value is -0.362. The summed E-state index contributed by atoms with van der Waals surface area (Å²) in [5.74, 6) is -0.540. The normalized spacial score (nSPS) is 12.0. The molecule has 3 aromatic rings. The summed E-state index contributed by atoms with van der Waals surface area (Å²) in [7, 11) is 1.29. The van der Waals surface area contributed by atoms with E-state index in [2.05, 4.69) is 30.6 Å². The van der Waals surface area contributed by atoms with Crippen LogP contribution in [0.1, 0.15) is 27.2 Å². The van der Waals surface area contributed by atoms with Crippen LogP contribution < -0.4 is 4.98 Å². The first-order chi connectivity index (χ1) is 10.1. The molecule has 1 aromatic carbocycles. The molecular weight excluding hydrogens is 506 g/mol. The minimum absolute atomic E-state index is 0. The number of hydrogen-bond donors (Lipinski definition) is 1. The van der Waals surface area contributed by atoms with E-state index in [0.29, 0.717) is 14.4 Å². The molecule has 0 fully saturated rings. The minimum atomic E-state index is -0.933. The summed E-state index contributed by atoms with van der Waals surface area (Å²) in [5, 5.41) is 11.8. The first-order valence-electron chi connectivity index (χ1n) is 6.04. The maximum atomic E-state index is 11.6. The molecule has 1 unspecified atom stereocenters. The van der Waals surface area contributed by atoms with Crippen molar-refractivity contribution in [3.05, 3.63) is 50.5 Å². The Morgan fingerprint density at radius 3 is 2.91 bits per heavy atom. The fourth-order valence-corrected chi connectivity index (χ4v) is 3.58. The number of ether oxygens (including phenoxy) is 1. The van der Waals surface area contributed by atoms with Crippen molar-refractivity contribution in [1.82, 2.24) is 9.97 Å². The van der Waals surface area contributed by atoms with Gasteiger partial charge in [-0.3, -0.25) is 0 Å². The Kier molecular flexibility index (Phi) is 6.11. The molecule has 0 amide bonds. The third-order valence-corrected chi connectivity index (χ3v) is 4.82. The van der Waals surface area contributed by atoms with Crippen LogP contribution in [-0.2, 0) is 4.74 Å². The first-order valence-corrected chi connectivity index (χ1v) is 7.65. The molecule has 1 N–H and O–H groups in total. The molecule has 2 aromatic heterocycles. The zero-order valence-corrected chi connectivity index (χ0v) is 16.3. The Balaban J connectivity index is 0.00000176. The molecule has 0 aliphatic heterocycles. The standard InChI is InChI=1S/C14H10BrN2O3S.Sm/c1-20-14(19)10-12(15)21-13(17-10)11(18)8-6-16-9-5-3-2-4-7(8)9;/h2-6,11,18H,1H3;/q-1;. The van der Waals surface area contributed by atoms with Gasteiger partial charge in [0.05, 0.1) is 7.11 Å². The van der Waals surface area contributed by atoms with Crippen LogP contribution in [0, 0.1) is 40.4 Å². The van der Waals surface area contributed by atoms with E-state index < -0.39 is 12.1 Å². The van der Waals surface area contributed by atoms with Crippen molar-refractivity contribution < 1.29 is 55.0 Å². The van der Waals surface area contributed by atoms with Gasteiger partial charge in [-0.05, 0) is 26.9 Å². The Labute approximate surface area is 171 Å². The van der Waals surface area contributed by atoms with E-state index in [-0.39, 0.29) is 46.1 Å². The van der Waals surface area contributed by atoms with Crippen LogP contribution in [-0.4, -0.2) is 23.2 Å². The van der Waals surface area contributed by atoms with Crippen molar-refractivity contribution in [3.8, 4) is 0 Å². The number of thiazole rings is 1. The molecule has 5 nitrogen and oxygen atoms in total. The molecular formula is C14H10BrN2O3SSm-. The number of para-hydroxylation sites is 1. The predicted octanol–water partition coefficient (Wildman–Crippen LogP) is 2.88. The molecule has 114 valence electrons. The van der Waals surface area contributed by atoms with Crippen molar-refractivity contribution in [2.24, 2.45) is 0 Å². The number of carbonyl (C=O) groups excluding carboxylic acids is 1. The Bertz CT molecular complexity index is 817. The van der Waals surface area contributed by atoms with Gasteiger partial charge in [0.25, 0.3) is 0 Å². The van der Waals surface area contributed by atoms with Crippen LogP contribution in [0.2, 0.25) is 0 Å². The van der Waals surface area contributed by atoms with E-state index >= 15 is 0 Å². The molecule has 0 spiro atoms. The number of aromatic nitrogens is 2. The quantitative estimate of drug-likeness (QED) is 0.542. The van der Waals surface area contributed by atoms with Crippen LogP contribution in [0.3, 0.4) is 0 Å². The summed E-state index contributed by atoms with van der Waals surface area (Å²) < 4.78 is 5.19. The topological polar surface area (TPSA) is 73.5 Å². The molecule has 0 saturated carbocycles. The van der Waals surface area contributed by atoms with Gasteiger partial charge in [0.1, 0.15) is 14.9 Å². The molecule has 1 atom stereocenters. The second kappa shape index (κ2) is 7.47. The van der Waals surface area contributed by atoms with Crippen molar-refractivity contribution in [2.45, 2.75) is 6.10 Å². The third-order valence-electron chi connectivity index (χ3n) is 3.07. The van der Waals surface area contributed by atoms with Gasteiger partial charge in [0, 0.05) is 40.4 Å². The van der Waals surface area contributed by atoms with Gasteiger partial charge in [0.2, 0.25) is 0 Å². The molecule has 0 saturated heterocycles. The summed E-state index contributed by atoms with van der Waals surface area (Å²) in [6.45, 7) is 0. The SMILES string of the molecule is COC(=O)c1nc(C(O)c2c[n-]c3ccccc23)sc1Br.[Sm]. The second-order valence-corrected chi connectivity index (χ2v) is 6.65. The molecule has 0 radical (unpaired) electrons. The fraction of sp³-hybridized carbons (Fsp3) is 0.143. The monoisotopic (exact) mass is 517 g/mol. The van der Waals surface area contributed by atoms with Crippen LogP contribution in [0.4, 0.5) is 0 Å². The van der Waals surface area contributed by atoms with E-state index in [9.17, 15) is 9.90 Å². The smallest absolute Gasteiger partial charge is 0.358 e. The van der Waals surface area contributed by atoms with E-state index in [1.54, 1.807) is 6.20 Å². The van der Waals surface area contributed by atoms with Crippen LogP contribution in [0.25, 0.3) is 10.9 Å². The number of esters is 1. The molecule has 0 bridgehead atoms. The number of aliphatic hydroxyl groups is 1. The van der Waals surface area contributed by atoms with E-state index in [1.165, 1.54) is 18.4 Å². The third kappa shape index (κ3) is 3.28. The maximum absolute atomic E-state index is 11.6. The average molecular weight is 517 g/mol.